The Hall–Kier alpha value is -0.240. The molecule has 0 aromatic heterocycles. The van der Waals surface area contributed by atoms with E-state index in [4.69, 9.17) is 16.3 Å². The predicted octanol–water partition coefficient (Wildman–Crippen LogP) is 3.13. The fourth-order valence-electron chi connectivity index (χ4n) is 1.02. The molecule has 13 heavy (non-hydrogen) atoms. The van der Waals surface area contributed by atoms with Crippen LogP contribution in [0, 0.1) is 0 Å². The molecule has 0 bridgehead atoms. The summed E-state index contributed by atoms with van der Waals surface area (Å²) in [5.74, 6) is -0.122. The Balaban J connectivity index is 3.34. The Morgan fingerprint density at radius 3 is 2.54 bits per heavy atom. The van der Waals surface area contributed by atoms with Crippen LogP contribution in [0.3, 0.4) is 0 Å². The zero-order valence-electron chi connectivity index (χ0n) is 8.51. The lowest BCUT2D eigenvalue weighted by molar-refractivity contribution is -0.143. The summed E-state index contributed by atoms with van der Waals surface area (Å²) in [7, 11) is 0. The number of carbonyl (C=O) groups excluding carboxylic acids is 1. The molecule has 0 aliphatic heterocycles. The van der Waals surface area contributed by atoms with E-state index in [1.165, 1.54) is 0 Å². The third-order valence-electron chi connectivity index (χ3n) is 1.73. The highest BCUT2D eigenvalue weighted by Crippen LogP contribution is 2.12. The summed E-state index contributed by atoms with van der Waals surface area (Å²) in [5.41, 5.74) is 0. The third kappa shape index (κ3) is 8.10. The molecule has 78 valence electrons. The van der Waals surface area contributed by atoms with Gasteiger partial charge in [0.15, 0.2) is 0 Å². The van der Waals surface area contributed by atoms with E-state index in [2.05, 4.69) is 6.92 Å². The van der Waals surface area contributed by atoms with Crippen molar-refractivity contribution < 1.29 is 9.53 Å². The molecule has 0 rings (SSSR count). The maximum Gasteiger partial charge on any atom is 0.305 e. The molecule has 2 nitrogen and oxygen atoms in total. The average Bonchev–Trinajstić information content (AvgIpc) is 2.12. The molecule has 0 saturated carbocycles. The number of ether oxygens (including phenoxy) is 1. The average molecular weight is 207 g/mol. The quantitative estimate of drug-likeness (QED) is 0.473. The number of rotatable bonds is 7. The van der Waals surface area contributed by atoms with Gasteiger partial charge in [-0.2, -0.15) is 0 Å². The van der Waals surface area contributed by atoms with Crippen LogP contribution in [0.15, 0.2) is 0 Å². The number of carbonyl (C=O) groups is 1. The largest absolute Gasteiger partial charge is 0.466 e. The van der Waals surface area contributed by atoms with Crippen molar-refractivity contribution in [2.24, 2.45) is 0 Å². The summed E-state index contributed by atoms with van der Waals surface area (Å²) in [4.78, 5) is 11.0. The molecule has 1 unspecified atom stereocenters. The smallest absolute Gasteiger partial charge is 0.305 e. The Labute approximate surface area is 85.6 Å². The van der Waals surface area contributed by atoms with Gasteiger partial charge in [0.05, 0.1) is 6.61 Å². The van der Waals surface area contributed by atoms with E-state index in [-0.39, 0.29) is 11.3 Å². The van der Waals surface area contributed by atoms with Gasteiger partial charge in [-0.3, -0.25) is 4.79 Å². The Bertz CT molecular complexity index is 137. The number of halogens is 1. The third-order valence-corrected chi connectivity index (χ3v) is 2.17. The van der Waals surface area contributed by atoms with E-state index < -0.39 is 0 Å². The Kier molecular flexibility index (Phi) is 8.21. The van der Waals surface area contributed by atoms with Crippen LogP contribution in [0.25, 0.3) is 0 Å². The van der Waals surface area contributed by atoms with Gasteiger partial charge in [0.2, 0.25) is 0 Å². The molecule has 0 N–H and O–H groups in total. The molecule has 0 saturated heterocycles. The van der Waals surface area contributed by atoms with Crippen LogP contribution in [-0.2, 0) is 9.53 Å². The van der Waals surface area contributed by atoms with Crippen molar-refractivity contribution in [2.75, 3.05) is 6.61 Å². The molecule has 0 aliphatic rings. The zero-order valence-corrected chi connectivity index (χ0v) is 9.27. The van der Waals surface area contributed by atoms with Crippen LogP contribution in [0.5, 0.6) is 0 Å². The summed E-state index contributed by atoms with van der Waals surface area (Å²) in [5, 5.41) is 0.124. The molecule has 1 atom stereocenters. The molecular weight excluding hydrogens is 188 g/mol. The van der Waals surface area contributed by atoms with E-state index in [0.717, 1.165) is 25.7 Å². The minimum Gasteiger partial charge on any atom is -0.466 e. The molecule has 0 heterocycles. The summed E-state index contributed by atoms with van der Waals surface area (Å²) in [6.45, 7) is 4.60. The summed E-state index contributed by atoms with van der Waals surface area (Å²) in [6.07, 6.45) is 4.11. The van der Waals surface area contributed by atoms with Crippen molar-refractivity contribution in [3.05, 3.63) is 0 Å². The maximum absolute atomic E-state index is 11.0. The Morgan fingerprint density at radius 2 is 2.00 bits per heavy atom. The lowest BCUT2D eigenvalue weighted by atomic mass is 10.1. The summed E-state index contributed by atoms with van der Waals surface area (Å²) in [6, 6.07) is 0. The number of esters is 1. The lowest BCUT2D eigenvalue weighted by Gasteiger charge is -2.07. The lowest BCUT2D eigenvalue weighted by Crippen LogP contribution is -2.08. The van der Waals surface area contributed by atoms with Crippen LogP contribution in [0.1, 0.15) is 46.0 Å². The SMILES string of the molecule is CCCOC(=O)CCC(Cl)CCC. The first-order chi connectivity index (χ1) is 6.20. The standard InChI is InChI=1S/C10H19ClO2/c1-3-5-9(11)6-7-10(12)13-8-4-2/h9H,3-8H2,1-2H3. The van der Waals surface area contributed by atoms with E-state index in [0.29, 0.717) is 13.0 Å². The van der Waals surface area contributed by atoms with Crippen LogP contribution in [0.4, 0.5) is 0 Å². The second kappa shape index (κ2) is 8.36. The highest BCUT2D eigenvalue weighted by molar-refractivity contribution is 6.20. The highest BCUT2D eigenvalue weighted by Gasteiger charge is 2.07. The predicted molar refractivity (Wildman–Crippen MR) is 55.0 cm³/mol. The second-order valence-corrected chi connectivity index (χ2v) is 3.76. The fourth-order valence-corrected chi connectivity index (χ4v) is 1.35. The summed E-state index contributed by atoms with van der Waals surface area (Å²) < 4.78 is 4.92. The van der Waals surface area contributed by atoms with Crippen LogP contribution >= 0.6 is 11.6 Å². The maximum atomic E-state index is 11.0. The van der Waals surface area contributed by atoms with Crippen LogP contribution in [-0.4, -0.2) is 18.0 Å². The molecule has 0 radical (unpaired) electrons. The second-order valence-electron chi connectivity index (χ2n) is 3.15. The minimum absolute atomic E-state index is 0.122. The van der Waals surface area contributed by atoms with E-state index in [1.54, 1.807) is 0 Å². The first kappa shape index (κ1) is 12.8. The topological polar surface area (TPSA) is 26.3 Å². The van der Waals surface area contributed by atoms with Crippen molar-refractivity contribution in [2.45, 2.75) is 51.3 Å². The van der Waals surface area contributed by atoms with E-state index in [9.17, 15) is 4.79 Å². The minimum atomic E-state index is -0.122. The molecule has 3 heteroatoms. The monoisotopic (exact) mass is 206 g/mol. The fraction of sp³-hybridized carbons (Fsp3) is 0.900. The summed E-state index contributed by atoms with van der Waals surface area (Å²) >= 11 is 5.95. The van der Waals surface area contributed by atoms with Crippen molar-refractivity contribution in [1.82, 2.24) is 0 Å². The molecular formula is C10H19ClO2. The first-order valence-electron chi connectivity index (χ1n) is 5.00. The van der Waals surface area contributed by atoms with Gasteiger partial charge >= 0.3 is 5.97 Å². The molecule has 0 aromatic rings. The molecule has 0 aliphatic carbocycles. The van der Waals surface area contributed by atoms with Crippen LogP contribution in [0.2, 0.25) is 0 Å². The van der Waals surface area contributed by atoms with Gasteiger partial charge in [-0.15, -0.1) is 11.6 Å². The normalized spacial score (nSPS) is 12.5. The van der Waals surface area contributed by atoms with Gasteiger partial charge in [0.1, 0.15) is 0 Å². The Morgan fingerprint density at radius 1 is 1.31 bits per heavy atom. The van der Waals surface area contributed by atoms with Crippen LogP contribution < -0.4 is 0 Å². The molecule has 0 amide bonds. The van der Waals surface area contributed by atoms with Crippen molar-refractivity contribution in [3.63, 3.8) is 0 Å². The van der Waals surface area contributed by atoms with Crippen molar-refractivity contribution in [3.8, 4) is 0 Å². The molecule has 0 aromatic carbocycles. The number of hydrogen-bond donors (Lipinski definition) is 0. The van der Waals surface area contributed by atoms with Gasteiger partial charge < -0.3 is 4.74 Å². The van der Waals surface area contributed by atoms with Gasteiger partial charge in [0.25, 0.3) is 0 Å². The number of hydrogen-bond acceptors (Lipinski definition) is 2. The zero-order chi connectivity index (χ0) is 10.1. The van der Waals surface area contributed by atoms with Crippen molar-refractivity contribution in [1.29, 1.82) is 0 Å². The molecule has 0 fully saturated rings. The van der Waals surface area contributed by atoms with E-state index >= 15 is 0 Å². The molecule has 0 spiro atoms. The van der Waals surface area contributed by atoms with E-state index in [1.807, 2.05) is 6.92 Å². The highest BCUT2D eigenvalue weighted by atomic mass is 35.5. The van der Waals surface area contributed by atoms with Gasteiger partial charge in [0, 0.05) is 11.8 Å². The van der Waals surface area contributed by atoms with Gasteiger partial charge in [-0.1, -0.05) is 20.3 Å². The van der Waals surface area contributed by atoms with Crippen molar-refractivity contribution >= 4 is 17.6 Å². The van der Waals surface area contributed by atoms with Gasteiger partial charge in [-0.25, -0.2) is 0 Å². The number of alkyl halides is 1. The first-order valence-corrected chi connectivity index (χ1v) is 5.44. The van der Waals surface area contributed by atoms with Gasteiger partial charge in [-0.05, 0) is 19.3 Å².